The highest BCUT2D eigenvalue weighted by Gasteiger charge is 2.68. The minimum atomic E-state index is -4.79. The van der Waals surface area contributed by atoms with Gasteiger partial charge in [-0.2, -0.15) is 13.2 Å². The van der Waals surface area contributed by atoms with E-state index in [1.807, 2.05) is 0 Å². The molecule has 0 aromatic heterocycles. The van der Waals surface area contributed by atoms with Crippen molar-refractivity contribution in [1.29, 1.82) is 0 Å². The molecule has 0 N–H and O–H groups in total. The van der Waals surface area contributed by atoms with E-state index in [1.165, 1.54) is 6.07 Å². The molecule has 8 heteroatoms. The van der Waals surface area contributed by atoms with Crippen molar-refractivity contribution in [3.05, 3.63) is 35.1 Å². The molecule has 1 fully saturated rings. The summed E-state index contributed by atoms with van der Waals surface area (Å²) in [5.41, 5.74) is -1.13. The lowest BCUT2D eigenvalue weighted by Gasteiger charge is -2.17. The van der Waals surface area contributed by atoms with Crippen molar-refractivity contribution in [2.45, 2.75) is 36.6 Å². The van der Waals surface area contributed by atoms with E-state index in [9.17, 15) is 17.6 Å². The smallest absolute Gasteiger partial charge is 0.353 e. The average Bonchev–Trinajstić information content (AvgIpc) is 3.00. The molecule has 0 bridgehead atoms. The summed E-state index contributed by atoms with van der Waals surface area (Å²) >= 11 is 12.4. The topological polar surface area (TPSA) is 18.5 Å². The average molecular weight is 375 g/mol. The first-order valence-electron chi connectivity index (χ1n) is 7.12. The van der Waals surface area contributed by atoms with Gasteiger partial charge in [0.25, 0.3) is 0 Å². The van der Waals surface area contributed by atoms with Gasteiger partial charge in [0, 0.05) is 19.1 Å². The molecule has 0 heterocycles. The molecule has 2 atom stereocenters. The highest BCUT2D eigenvalue weighted by Crippen LogP contribution is 2.67. The molecule has 1 aromatic rings. The van der Waals surface area contributed by atoms with Gasteiger partial charge in [-0.25, -0.2) is 4.39 Å². The van der Waals surface area contributed by atoms with Gasteiger partial charge in [-0.15, -0.1) is 23.2 Å². The van der Waals surface area contributed by atoms with Crippen molar-refractivity contribution in [2.24, 2.45) is 5.92 Å². The summed E-state index contributed by atoms with van der Waals surface area (Å²) in [4.78, 5) is 0. The highest BCUT2D eigenvalue weighted by molar-refractivity contribution is 6.52. The SMILES string of the molecule is CCOC(OCC)C1C(c2ccc(F)c(C(F)(F)F)c2)C1(Cl)Cl. The van der Waals surface area contributed by atoms with Crippen LogP contribution in [0.1, 0.15) is 30.9 Å². The summed E-state index contributed by atoms with van der Waals surface area (Å²) in [6.45, 7) is 4.20. The number of halogens is 6. The van der Waals surface area contributed by atoms with E-state index in [4.69, 9.17) is 32.7 Å². The predicted octanol–water partition coefficient (Wildman–Crippen LogP) is 5.13. The molecule has 2 unspecified atom stereocenters. The van der Waals surface area contributed by atoms with Crippen molar-refractivity contribution in [3.8, 4) is 0 Å². The zero-order chi connectivity index (χ0) is 17.4. The molecule has 0 spiro atoms. The Bertz CT molecular complexity index is 557. The number of ether oxygens (including phenoxy) is 2. The molecule has 1 saturated carbocycles. The van der Waals surface area contributed by atoms with Gasteiger partial charge in [0.05, 0.1) is 11.5 Å². The van der Waals surface area contributed by atoms with E-state index in [-0.39, 0.29) is 5.56 Å². The van der Waals surface area contributed by atoms with Gasteiger partial charge in [0.15, 0.2) is 6.29 Å². The van der Waals surface area contributed by atoms with Gasteiger partial charge >= 0.3 is 6.18 Å². The Kier molecular flexibility index (Phi) is 5.51. The Balaban J connectivity index is 2.31. The maximum Gasteiger partial charge on any atom is 0.419 e. The second-order valence-electron chi connectivity index (χ2n) is 5.19. The van der Waals surface area contributed by atoms with Crippen molar-refractivity contribution in [1.82, 2.24) is 0 Å². The molecule has 1 aliphatic rings. The molecule has 0 aliphatic heterocycles. The summed E-state index contributed by atoms with van der Waals surface area (Å²) in [6.07, 6.45) is -5.52. The second-order valence-corrected chi connectivity index (χ2v) is 6.64. The third kappa shape index (κ3) is 3.76. The zero-order valence-electron chi connectivity index (χ0n) is 12.5. The van der Waals surface area contributed by atoms with Crippen LogP contribution < -0.4 is 0 Å². The van der Waals surface area contributed by atoms with Crippen LogP contribution in [0.2, 0.25) is 0 Å². The molecular weight excluding hydrogens is 359 g/mol. The predicted molar refractivity (Wildman–Crippen MR) is 79.1 cm³/mol. The normalized spacial score (nSPS) is 23.3. The first-order chi connectivity index (χ1) is 10.6. The first-order valence-corrected chi connectivity index (χ1v) is 7.87. The van der Waals surface area contributed by atoms with Crippen LogP contribution in [0.3, 0.4) is 0 Å². The van der Waals surface area contributed by atoms with Gasteiger partial charge in [-0.05, 0) is 31.5 Å². The lowest BCUT2D eigenvalue weighted by atomic mass is 10.0. The Morgan fingerprint density at radius 2 is 1.74 bits per heavy atom. The summed E-state index contributed by atoms with van der Waals surface area (Å²) in [7, 11) is 0. The molecule has 1 aliphatic carbocycles. The third-order valence-electron chi connectivity index (χ3n) is 3.72. The molecule has 0 amide bonds. The van der Waals surface area contributed by atoms with Gasteiger partial charge in [-0.1, -0.05) is 6.07 Å². The van der Waals surface area contributed by atoms with Crippen molar-refractivity contribution in [2.75, 3.05) is 13.2 Å². The lowest BCUT2D eigenvalue weighted by Crippen LogP contribution is -2.22. The number of alkyl halides is 5. The fourth-order valence-electron chi connectivity index (χ4n) is 2.66. The summed E-state index contributed by atoms with van der Waals surface area (Å²) in [6, 6.07) is 2.77. The highest BCUT2D eigenvalue weighted by atomic mass is 35.5. The maximum absolute atomic E-state index is 13.4. The van der Waals surface area contributed by atoms with E-state index in [2.05, 4.69) is 0 Å². The zero-order valence-corrected chi connectivity index (χ0v) is 14.0. The fourth-order valence-corrected chi connectivity index (χ4v) is 3.51. The number of rotatable bonds is 6. The van der Waals surface area contributed by atoms with Gasteiger partial charge in [0.1, 0.15) is 10.2 Å². The maximum atomic E-state index is 13.4. The van der Waals surface area contributed by atoms with Crippen LogP contribution in [0, 0.1) is 11.7 Å². The quantitative estimate of drug-likeness (QED) is 0.390. The lowest BCUT2D eigenvalue weighted by molar-refractivity contribution is -0.149. The minimum Gasteiger partial charge on any atom is -0.353 e. The molecular formula is C15H16Cl2F4O2. The summed E-state index contributed by atoms with van der Waals surface area (Å²) in [5.74, 6) is -2.49. The van der Waals surface area contributed by atoms with Crippen molar-refractivity contribution >= 4 is 23.2 Å². The van der Waals surface area contributed by atoms with Crippen molar-refractivity contribution < 1.29 is 27.0 Å². The summed E-state index contributed by atoms with van der Waals surface area (Å²) in [5, 5.41) is 0. The Morgan fingerprint density at radius 1 is 1.17 bits per heavy atom. The monoisotopic (exact) mass is 374 g/mol. The number of benzene rings is 1. The first kappa shape index (κ1) is 18.8. The van der Waals surface area contributed by atoms with Crippen LogP contribution in [0.4, 0.5) is 17.6 Å². The molecule has 0 saturated heterocycles. The van der Waals surface area contributed by atoms with Crippen LogP contribution in [-0.4, -0.2) is 23.8 Å². The van der Waals surface area contributed by atoms with Gasteiger partial charge in [-0.3, -0.25) is 0 Å². The largest absolute Gasteiger partial charge is 0.419 e. The van der Waals surface area contributed by atoms with E-state index >= 15 is 0 Å². The Labute approximate surface area is 141 Å². The van der Waals surface area contributed by atoms with Crippen LogP contribution in [0.25, 0.3) is 0 Å². The molecule has 2 rings (SSSR count). The van der Waals surface area contributed by atoms with Crippen LogP contribution in [0.15, 0.2) is 18.2 Å². The van der Waals surface area contributed by atoms with E-state index in [0.717, 1.165) is 12.1 Å². The molecule has 23 heavy (non-hydrogen) atoms. The van der Waals surface area contributed by atoms with Crippen LogP contribution >= 0.6 is 23.2 Å². The van der Waals surface area contributed by atoms with Crippen LogP contribution in [-0.2, 0) is 15.7 Å². The second kappa shape index (κ2) is 6.75. The molecule has 0 radical (unpaired) electrons. The number of hydrogen-bond acceptors (Lipinski definition) is 2. The summed E-state index contributed by atoms with van der Waals surface area (Å²) < 4.78 is 61.5. The Morgan fingerprint density at radius 3 is 2.22 bits per heavy atom. The van der Waals surface area contributed by atoms with Gasteiger partial charge < -0.3 is 9.47 Å². The van der Waals surface area contributed by atoms with E-state index < -0.39 is 40.0 Å². The third-order valence-corrected chi connectivity index (χ3v) is 4.69. The molecule has 130 valence electrons. The molecule has 2 nitrogen and oxygen atoms in total. The van der Waals surface area contributed by atoms with E-state index in [1.54, 1.807) is 13.8 Å². The molecule has 1 aromatic carbocycles. The fraction of sp³-hybridized carbons (Fsp3) is 0.600. The Hall–Kier alpha value is -0.560. The van der Waals surface area contributed by atoms with Gasteiger partial charge in [0.2, 0.25) is 0 Å². The van der Waals surface area contributed by atoms with Crippen LogP contribution in [0.5, 0.6) is 0 Å². The van der Waals surface area contributed by atoms with Crippen molar-refractivity contribution in [3.63, 3.8) is 0 Å². The van der Waals surface area contributed by atoms with E-state index in [0.29, 0.717) is 13.2 Å². The number of hydrogen-bond donors (Lipinski definition) is 0. The standard InChI is InChI=1S/C15H16Cl2F4O2/c1-3-22-13(23-4-2)12-11(14(12,16)17)8-5-6-10(18)9(7-8)15(19,20)21/h5-7,11-13H,3-4H2,1-2H3. The minimum absolute atomic E-state index is 0.207.